The summed E-state index contributed by atoms with van der Waals surface area (Å²) in [6.07, 6.45) is 0.669. The lowest BCUT2D eigenvalue weighted by Gasteiger charge is -2.45. The standard InChI is InChI=1S/C17H21ClN4O3/c18-12-3-1-11(2-4-12)9-13-17(25)22-8-7-21(15(23)5-6-19)10-14(22)16(24)20-13/h1-4,13-14H,5-10,19H2,(H,20,24)/t13-,14+/m1/s1. The first-order chi connectivity index (χ1) is 12.0. The largest absolute Gasteiger partial charge is 0.342 e. The van der Waals surface area contributed by atoms with Gasteiger partial charge in [0.25, 0.3) is 0 Å². The van der Waals surface area contributed by atoms with Crippen LogP contribution in [0.15, 0.2) is 24.3 Å². The van der Waals surface area contributed by atoms with Crippen molar-refractivity contribution in [2.24, 2.45) is 5.73 Å². The lowest BCUT2D eigenvalue weighted by atomic mass is 9.98. The summed E-state index contributed by atoms with van der Waals surface area (Å²) in [5.41, 5.74) is 6.35. The van der Waals surface area contributed by atoms with Crippen LogP contribution in [0.2, 0.25) is 5.02 Å². The average molecular weight is 365 g/mol. The minimum absolute atomic E-state index is 0.0781. The van der Waals surface area contributed by atoms with Crippen LogP contribution in [0, 0.1) is 0 Å². The Morgan fingerprint density at radius 3 is 2.64 bits per heavy atom. The molecule has 3 N–H and O–H groups in total. The van der Waals surface area contributed by atoms with Crippen molar-refractivity contribution in [1.29, 1.82) is 0 Å². The van der Waals surface area contributed by atoms with Gasteiger partial charge >= 0.3 is 0 Å². The number of carbonyl (C=O) groups excluding carboxylic acids is 3. The number of carbonyl (C=O) groups is 3. The first kappa shape index (κ1) is 17.7. The average Bonchev–Trinajstić information content (AvgIpc) is 2.61. The van der Waals surface area contributed by atoms with Crippen molar-refractivity contribution in [1.82, 2.24) is 15.1 Å². The first-order valence-electron chi connectivity index (χ1n) is 8.32. The Morgan fingerprint density at radius 2 is 1.96 bits per heavy atom. The van der Waals surface area contributed by atoms with Crippen LogP contribution in [0.1, 0.15) is 12.0 Å². The van der Waals surface area contributed by atoms with Gasteiger partial charge in [0.1, 0.15) is 12.1 Å². The maximum atomic E-state index is 12.7. The van der Waals surface area contributed by atoms with E-state index in [1.165, 1.54) is 0 Å². The molecule has 2 atom stereocenters. The first-order valence-corrected chi connectivity index (χ1v) is 8.70. The number of hydrogen-bond acceptors (Lipinski definition) is 4. The summed E-state index contributed by atoms with van der Waals surface area (Å²) < 4.78 is 0. The van der Waals surface area contributed by atoms with Crippen LogP contribution in [-0.4, -0.2) is 65.8 Å². The molecule has 25 heavy (non-hydrogen) atoms. The van der Waals surface area contributed by atoms with Gasteiger partial charge in [0.05, 0.1) is 6.54 Å². The number of fused-ring (bicyclic) bond motifs is 1. The van der Waals surface area contributed by atoms with Crippen molar-refractivity contribution >= 4 is 29.3 Å². The van der Waals surface area contributed by atoms with Crippen LogP contribution in [0.4, 0.5) is 0 Å². The Hall–Kier alpha value is -2.12. The third kappa shape index (κ3) is 3.77. The Kier molecular flexibility index (Phi) is 5.24. The second-order valence-corrected chi connectivity index (χ2v) is 6.75. The summed E-state index contributed by atoms with van der Waals surface area (Å²) >= 11 is 5.87. The molecule has 2 aliphatic rings. The monoisotopic (exact) mass is 364 g/mol. The van der Waals surface area contributed by atoms with E-state index in [1.54, 1.807) is 21.9 Å². The second kappa shape index (κ2) is 7.41. The maximum absolute atomic E-state index is 12.7. The van der Waals surface area contributed by atoms with E-state index in [4.69, 9.17) is 17.3 Å². The maximum Gasteiger partial charge on any atom is 0.246 e. The number of piperazine rings is 2. The highest BCUT2D eigenvalue weighted by molar-refractivity contribution is 6.30. The van der Waals surface area contributed by atoms with E-state index in [9.17, 15) is 14.4 Å². The molecule has 0 radical (unpaired) electrons. The number of nitrogens with one attached hydrogen (secondary N) is 1. The molecule has 3 rings (SSSR count). The van der Waals surface area contributed by atoms with E-state index < -0.39 is 12.1 Å². The molecule has 2 fully saturated rings. The van der Waals surface area contributed by atoms with E-state index in [1.807, 2.05) is 12.1 Å². The zero-order valence-electron chi connectivity index (χ0n) is 13.8. The molecule has 0 unspecified atom stereocenters. The Morgan fingerprint density at radius 1 is 1.24 bits per heavy atom. The summed E-state index contributed by atoms with van der Waals surface area (Å²) in [6, 6.07) is 6.00. The van der Waals surface area contributed by atoms with Crippen LogP contribution < -0.4 is 11.1 Å². The third-order valence-electron chi connectivity index (χ3n) is 4.64. The van der Waals surface area contributed by atoms with Gasteiger partial charge in [-0.1, -0.05) is 23.7 Å². The molecule has 1 aromatic carbocycles. The van der Waals surface area contributed by atoms with Gasteiger partial charge in [0.15, 0.2) is 0 Å². The van der Waals surface area contributed by atoms with Crippen molar-refractivity contribution in [3.63, 3.8) is 0 Å². The zero-order chi connectivity index (χ0) is 18.0. The smallest absolute Gasteiger partial charge is 0.246 e. The molecule has 2 aliphatic heterocycles. The summed E-state index contributed by atoms with van der Waals surface area (Å²) in [5.74, 6) is -0.403. The lowest BCUT2D eigenvalue weighted by molar-refractivity contribution is -0.155. The molecule has 7 nitrogen and oxygen atoms in total. The number of nitrogens with two attached hydrogens (primary N) is 1. The number of nitrogens with zero attached hydrogens (tertiary/aromatic N) is 2. The second-order valence-electron chi connectivity index (χ2n) is 6.32. The van der Waals surface area contributed by atoms with E-state index in [0.29, 0.717) is 24.5 Å². The van der Waals surface area contributed by atoms with Gasteiger partial charge in [-0.05, 0) is 17.7 Å². The van der Waals surface area contributed by atoms with Gasteiger partial charge in [0.2, 0.25) is 17.7 Å². The molecule has 3 amide bonds. The van der Waals surface area contributed by atoms with Crippen LogP contribution in [0.5, 0.6) is 0 Å². The molecule has 2 saturated heterocycles. The number of amides is 3. The topological polar surface area (TPSA) is 95.7 Å². The highest BCUT2D eigenvalue weighted by atomic mass is 35.5. The highest BCUT2D eigenvalue weighted by Gasteiger charge is 2.43. The predicted octanol–water partition coefficient (Wildman–Crippen LogP) is -0.231. The van der Waals surface area contributed by atoms with E-state index >= 15 is 0 Å². The van der Waals surface area contributed by atoms with E-state index in [2.05, 4.69) is 5.32 Å². The Labute approximate surface area is 151 Å². The summed E-state index contributed by atoms with van der Waals surface area (Å²) in [6.45, 7) is 1.30. The molecule has 8 heteroatoms. The fourth-order valence-corrected chi connectivity index (χ4v) is 3.43. The lowest BCUT2D eigenvalue weighted by Crippen LogP contribution is -2.70. The van der Waals surface area contributed by atoms with Gasteiger partial charge in [-0.25, -0.2) is 0 Å². The summed E-state index contributed by atoms with van der Waals surface area (Å²) in [5, 5.41) is 3.42. The fraction of sp³-hybridized carbons (Fsp3) is 0.471. The number of halogens is 1. The molecule has 0 saturated carbocycles. The molecule has 0 aromatic heterocycles. The van der Waals surface area contributed by atoms with Gasteiger partial charge in [-0.15, -0.1) is 0 Å². The van der Waals surface area contributed by atoms with Gasteiger partial charge in [-0.3, -0.25) is 14.4 Å². The minimum Gasteiger partial charge on any atom is -0.342 e. The molecule has 2 heterocycles. The number of rotatable bonds is 4. The molecule has 0 bridgehead atoms. The third-order valence-corrected chi connectivity index (χ3v) is 4.90. The Balaban J connectivity index is 1.68. The zero-order valence-corrected chi connectivity index (χ0v) is 14.5. The number of benzene rings is 1. The SMILES string of the molecule is NCCC(=O)N1CCN2C(=O)[C@@H](Cc3ccc(Cl)cc3)NC(=O)[C@@H]2C1. The van der Waals surface area contributed by atoms with Gasteiger partial charge in [0, 0.05) is 37.5 Å². The van der Waals surface area contributed by atoms with Crippen molar-refractivity contribution < 1.29 is 14.4 Å². The van der Waals surface area contributed by atoms with Crippen LogP contribution >= 0.6 is 11.6 Å². The summed E-state index contributed by atoms with van der Waals surface area (Å²) in [7, 11) is 0. The van der Waals surface area contributed by atoms with Crippen molar-refractivity contribution in [2.45, 2.75) is 24.9 Å². The van der Waals surface area contributed by atoms with E-state index in [0.717, 1.165) is 5.56 Å². The summed E-state index contributed by atoms with van der Waals surface area (Å²) in [4.78, 5) is 40.4. The van der Waals surface area contributed by atoms with Crippen molar-refractivity contribution in [2.75, 3.05) is 26.2 Å². The molecular formula is C17H21ClN4O3. The van der Waals surface area contributed by atoms with Crippen LogP contribution in [0.3, 0.4) is 0 Å². The highest BCUT2D eigenvalue weighted by Crippen LogP contribution is 2.19. The van der Waals surface area contributed by atoms with E-state index in [-0.39, 0.29) is 37.2 Å². The van der Waals surface area contributed by atoms with Crippen molar-refractivity contribution in [3.8, 4) is 0 Å². The van der Waals surface area contributed by atoms with Crippen molar-refractivity contribution in [3.05, 3.63) is 34.9 Å². The van der Waals surface area contributed by atoms with Gasteiger partial charge < -0.3 is 20.9 Å². The Bertz CT molecular complexity index is 679. The fourth-order valence-electron chi connectivity index (χ4n) is 3.30. The number of hydrogen-bond donors (Lipinski definition) is 2. The predicted molar refractivity (Wildman–Crippen MR) is 92.8 cm³/mol. The molecular weight excluding hydrogens is 344 g/mol. The van der Waals surface area contributed by atoms with Crippen LogP contribution in [0.25, 0.3) is 0 Å². The molecule has 0 aliphatic carbocycles. The molecule has 1 aromatic rings. The molecule has 0 spiro atoms. The normalized spacial score (nSPS) is 23.3. The quantitative estimate of drug-likeness (QED) is 0.771. The minimum atomic E-state index is -0.621. The van der Waals surface area contributed by atoms with Gasteiger partial charge in [-0.2, -0.15) is 0 Å². The molecule has 134 valence electrons. The van der Waals surface area contributed by atoms with Crippen LogP contribution in [-0.2, 0) is 20.8 Å².